The summed E-state index contributed by atoms with van der Waals surface area (Å²) in [4.78, 5) is 15.8. The van der Waals surface area contributed by atoms with Gasteiger partial charge in [-0.15, -0.1) is 0 Å². The minimum Gasteiger partial charge on any atom is -0.310 e. The van der Waals surface area contributed by atoms with E-state index in [9.17, 15) is 18.4 Å². The third-order valence-electron chi connectivity index (χ3n) is 15.6. The van der Waals surface area contributed by atoms with E-state index in [0.717, 1.165) is 100 Å². The maximum absolute atomic E-state index is 14.3. The number of nitriles is 1. The van der Waals surface area contributed by atoms with Crippen molar-refractivity contribution in [3.8, 4) is 84.2 Å². The summed E-state index contributed by atoms with van der Waals surface area (Å²) in [5, 5.41) is 13.7. The summed E-state index contributed by atoms with van der Waals surface area (Å²) in [6.07, 6.45) is -4.56. The Morgan fingerprint density at radius 2 is 0.771 bits per heavy atom. The zero-order chi connectivity index (χ0) is 57.1. The van der Waals surface area contributed by atoms with E-state index in [1.54, 1.807) is 37.3 Å². The molecular weight excluding hydrogens is 1030 g/mol. The van der Waals surface area contributed by atoms with E-state index in [-0.39, 0.29) is 0 Å². The fourth-order valence-corrected chi connectivity index (χ4v) is 11.9. The highest BCUT2D eigenvalue weighted by Crippen LogP contribution is 2.49. The molecule has 13 rings (SSSR count). The molecule has 0 bridgehead atoms. The highest BCUT2D eigenvalue weighted by atomic mass is 19.4. The molecule has 0 aliphatic carbocycles. The summed E-state index contributed by atoms with van der Waals surface area (Å²) < 4.78 is 47.1. The molecule has 0 fully saturated rings. The fourth-order valence-electron chi connectivity index (χ4n) is 11.9. The van der Waals surface area contributed by atoms with Gasteiger partial charge in [0.25, 0.3) is 0 Å². The van der Waals surface area contributed by atoms with E-state index >= 15 is 0 Å². The molecule has 11 aromatic carbocycles. The van der Waals surface area contributed by atoms with Gasteiger partial charge in [0.1, 0.15) is 0 Å². The Balaban J connectivity index is 1.14. The van der Waals surface area contributed by atoms with Crippen molar-refractivity contribution in [1.29, 1.82) is 5.26 Å². The topological polar surface area (TPSA) is 51.1 Å². The lowest BCUT2D eigenvalue weighted by molar-refractivity contribution is -0.137. The van der Waals surface area contributed by atoms with Gasteiger partial charge in [0.2, 0.25) is 0 Å². The molecule has 388 valence electrons. The van der Waals surface area contributed by atoms with Gasteiger partial charge >= 0.3 is 6.18 Å². The largest absolute Gasteiger partial charge is 0.416 e. The number of aromatic nitrogens is 2. The molecule has 2 heterocycles. The van der Waals surface area contributed by atoms with Crippen LogP contribution in [0.15, 0.2) is 224 Å². The van der Waals surface area contributed by atoms with Gasteiger partial charge in [-0.1, -0.05) is 140 Å². The van der Waals surface area contributed by atoms with Crippen LogP contribution < -0.4 is 0 Å². The van der Waals surface area contributed by atoms with E-state index < -0.39 is 11.7 Å². The molecule has 13 aromatic rings. The Morgan fingerprint density at radius 1 is 0.373 bits per heavy atom. The molecule has 83 heavy (non-hydrogen) atoms. The monoisotopic (exact) mass is 1070 g/mol. The summed E-state index contributed by atoms with van der Waals surface area (Å²) >= 11 is 0. The highest BCUT2D eigenvalue weighted by Gasteiger charge is 2.31. The van der Waals surface area contributed by atoms with Crippen LogP contribution in [0.1, 0.15) is 16.7 Å². The average Bonchev–Trinajstić information content (AvgIpc) is 2.10. The lowest BCUT2D eigenvalue weighted by atomic mass is 9.92. The first-order chi connectivity index (χ1) is 40.5. The van der Waals surface area contributed by atoms with Crippen molar-refractivity contribution in [3.05, 3.63) is 287 Å². The van der Waals surface area contributed by atoms with Crippen molar-refractivity contribution in [2.24, 2.45) is 0 Å². The van der Waals surface area contributed by atoms with Crippen LogP contribution in [-0.2, 0) is 6.18 Å². The van der Waals surface area contributed by atoms with Gasteiger partial charge in [0.05, 0.1) is 71.2 Å². The molecule has 0 amide bonds. The molecule has 0 unspecified atom stereocenters. The Labute approximate surface area is 475 Å². The van der Waals surface area contributed by atoms with Gasteiger partial charge < -0.3 is 9.13 Å². The Morgan fingerprint density at radius 3 is 1.22 bits per heavy atom. The van der Waals surface area contributed by atoms with Crippen LogP contribution in [0.25, 0.3) is 141 Å². The molecule has 7 nitrogen and oxygen atoms in total. The third-order valence-corrected chi connectivity index (χ3v) is 15.6. The van der Waals surface area contributed by atoms with Gasteiger partial charge in [-0.2, -0.15) is 18.4 Å². The van der Waals surface area contributed by atoms with E-state index in [1.165, 1.54) is 6.07 Å². The van der Waals surface area contributed by atoms with Gasteiger partial charge in [-0.05, 0) is 159 Å². The lowest BCUT2D eigenvalue weighted by Gasteiger charge is -2.21. The number of alkyl halides is 3. The van der Waals surface area contributed by atoms with E-state index in [1.807, 2.05) is 152 Å². The van der Waals surface area contributed by atoms with E-state index in [4.69, 9.17) is 26.3 Å². The zero-order valence-electron chi connectivity index (χ0n) is 44.1. The molecular formula is C73H40F3N7. The molecule has 2 aromatic heterocycles. The molecule has 0 radical (unpaired) electrons. The molecule has 0 aliphatic rings. The number of para-hydroxylation sites is 3. The normalized spacial score (nSPS) is 11.3. The molecule has 0 saturated heterocycles. The summed E-state index contributed by atoms with van der Waals surface area (Å²) in [5.41, 5.74) is 15.3. The second kappa shape index (κ2) is 20.2. The molecule has 0 saturated carbocycles. The maximum Gasteiger partial charge on any atom is 0.416 e. The number of rotatable bonds is 8. The first-order valence-corrected chi connectivity index (χ1v) is 26.4. The predicted molar refractivity (Wildman–Crippen MR) is 327 cm³/mol. The second-order valence-corrected chi connectivity index (χ2v) is 20.2. The standard InChI is InChI=1S/C73H40F3N7/c1-44-37-51(73(74,75)76)30-31-52(44)45-25-36-70(82-66-33-27-47(54-17-8-11-20-62(54)78-2)39-58(66)59-40-48(28-34-67(59)82)55-18-9-12-21-63(55)79-3)61(42-45)72-65(81-5)23-14-24-71(72)83-68-32-26-46(53-16-7-6-15-50(53)43-77)38-57(68)60-41-49(29-35-69(60)83)56-19-10-13-22-64(56)80-4/h6-42H,1H3. The molecule has 0 N–H and O–H groups in total. The molecule has 0 spiro atoms. The first-order valence-electron chi connectivity index (χ1n) is 26.4. The van der Waals surface area contributed by atoms with Crippen molar-refractivity contribution in [1.82, 2.24) is 9.13 Å². The van der Waals surface area contributed by atoms with Gasteiger partial charge in [0, 0.05) is 32.8 Å². The van der Waals surface area contributed by atoms with Crippen LogP contribution in [0.5, 0.6) is 0 Å². The minimum absolute atomic E-state index is 0.319. The second-order valence-electron chi connectivity index (χ2n) is 20.2. The van der Waals surface area contributed by atoms with Crippen molar-refractivity contribution in [2.75, 3.05) is 0 Å². The lowest BCUT2D eigenvalue weighted by Crippen LogP contribution is -2.05. The SMILES string of the molecule is [C-]#[N+]c1ccccc1-c1ccc2c(c1)c1cc(-c3ccccc3[N+]#[C-])ccc1n2-c1ccc(-c2ccc(C(F)(F)F)cc2C)cc1-c1c([N+]#[C-])cccc1-n1c2ccc(-c3ccccc3C#N)cc2c2cc(-c3ccccc3[N+]#[C-])ccc21. The summed E-state index contributed by atoms with van der Waals surface area (Å²) in [5.74, 6) is 0. The van der Waals surface area contributed by atoms with Crippen LogP contribution in [0.4, 0.5) is 35.9 Å². The summed E-state index contributed by atoms with van der Waals surface area (Å²) in [6, 6.07) is 72.0. The summed E-state index contributed by atoms with van der Waals surface area (Å²) in [6.45, 7) is 34.8. The van der Waals surface area contributed by atoms with E-state index in [2.05, 4.69) is 58.8 Å². The van der Waals surface area contributed by atoms with Crippen molar-refractivity contribution in [2.45, 2.75) is 13.1 Å². The van der Waals surface area contributed by atoms with Crippen molar-refractivity contribution < 1.29 is 13.2 Å². The van der Waals surface area contributed by atoms with Crippen LogP contribution >= 0.6 is 0 Å². The van der Waals surface area contributed by atoms with Crippen molar-refractivity contribution in [3.63, 3.8) is 0 Å². The number of hydrogen-bond acceptors (Lipinski definition) is 1. The maximum atomic E-state index is 14.3. The number of hydrogen-bond donors (Lipinski definition) is 0. The van der Waals surface area contributed by atoms with Gasteiger partial charge in [-0.25, -0.2) is 19.4 Å². The number of fused-ring (bicyclic) bond motifs is 6. The smallest absolute Gasteiger partial charge is 0.310 e. The number of benzene rings is 11. The molecule has 0 aliphatic heterocycles. The third kappa shape index (κ3) is 8.50. The van der Waals surface area contributed by atoms with Crippen molar-refractivity contribution >= 4 is 66.4 Å². The van der Waals surface area contributed by atoms with Crippen LogP contribution in [0.2, 0.25) is 0 Å². The molecule has 10 heteroatoms. The number of halogens is 3. The van der Waals surface area contributed by atoms with Gasteiger partial charge in [0.15, 0.2) is 22.7 Å². The average molecular weight is 1070 g/mol. The van der Waals surface area contributed by atoms with Crippen LogP contribution in [0, 0.1) is 44.5 Å². The highest BCUT2D eigenvalue weighted by molar-refractivity contribution is 6.15. The number of nitrogens with zero attached hydrogens (tertiary/aromatic N) is 7. The Hall–Kier alpha value is -11.7. The quantitative estimate of drug-likeness (QED) is 0.140. The zero-order valence-corrected chi connectivity index (χ0v) is 44.1. The van der Waals surface area contributed by atoms with Gasteiger partial charge in [-0.3, -0.25) is 0 Å². The van der Waals surface area contributed by atoms with Crippen LogP contribution in [-0.4, -0.2) is 9.13 Å². The first kappa shape index (κ1) is 50.7. The minimum atomic E-state index is -4.56. The summed E-state index contributed by atoms with van der Waals surface area (Å²) in [7, 11) is 0. The molecule has 0 atom stereocenters. The predicted octanol–water partition coefficient (Wildman–Crippen LogP) is 21.3. The number of aryl methyl sites for hydroxylation is 1. The van der Waals surface area contributed by atoms with E-state index in [0.29, 0.717) is 67.5 Å². The Bertz CT molecular complexity index is 4890. The Kier molecular flexibility index (Phi) is 12.3. The fraction of sp³-hybridized carbons (Fsp3) is 0.0274. The van der Waals surface area contributed by atoms with Crippen LogP contribution in [0.3, 0.4) is 0 Å².